The molecule has 2 aromatic rings. The van der Waals surface area contributed by atoms with Gasteiger partial charge in [0.1, 0.15) is 12.0 Å². The molecule has 0 radical (unpaired) electrons. The minimum absolute atomic E-state index is 0.403. The second kappa shape index (κ2) is 2.16. The zero-order valence-electron chi connectivity index (χ0n) is 5.61. The van der Waals surface area contributed by atoms with E-state index in [-0.39, 0.29) is 0 Å². The molecule has 11 heavy (non-hydrogen) atoms. The van der Waals surface area contributed by atoms with Crippen LogP contribution in [0.3, 0.4) is 0 Å². The molecular weight excluding hydrogens is 142 g/mol. The molecule has 0 aliphatic carbocycles. The van der Waals surface area contributed by atoms with E-state index in [9.17, 15) is 4.79 Å². The standard InChI is InChI=1S/C7H5N3O/c11-3-6-7-5(1-2-8-7)9-4-10-6/h1-4,8H. The van der Waals surface area contributed by atoms with E-state index in [0.717, 1.165) is 5.52 Å². The Kier molecular flexibility index (Phi) is 1.18. The van der Waals surface area contributed by atoms with E-state index < -0.39 is 0 Å². The van der Waals surface area contributed by atoms with Crippen molar-refractivity contribution in [3.8, 4) is 0 Å². The van der Waals surface area contributed by atoms with Crippen molar-refractivity contribution in [2.75, 3.05) is 0 Å². The molecule has 1 N–H and O–H groups in total. The maximum Gasteiger partial charge on any atom is 0.170 e. The number of nitrogens with one attached hydrogen (secondary N) is 1. The molecule has 0 fully saturated rings. The van der Waals surface area contributed by atoms with Crippen LogP contribution in [0.25, 0.3) is 11.0 Å². The van der Waals surface area contributed by atoms with Crippen LogP contribution in [0.2, 0.25) is 0 Å². The maximum atomic E-state index is 10.4. The summed E-state index contributed by atoms with van der Waals surface area (Å²) in [7, 11) is 0. The summed E-state index contributed by atoms with van der Waals surface area (Å²) >= 11 is 0. The van der Waals surface area contributed by atoms with Gasteiger partial charge in [-0.25, -0.2) is 9.97 Å². The monoisotopic (exact) mass is 147 g/mol. The number of hydrogen-bond donors (Lipinski definition) is 1. The quantitative estimate of drug-likeness (QED) is 0.606. The van der Waals surface area contributed by atoms with Gasteiger partial charge in [0.2, 0.25) is 0 Å². The van der Waals surface area contributed by atoms with Crippen molar-refractivity contribution < 1.29 is 4.79 Å². The average molecular weight is 147 g/mol. The molecule has 0 spiro atoms. The third kappa shape index (κ3) is 0.797. The SMILES string of the molecule is O=Cc1ncnc2cc[nH]c12. The van der Waals surface area contributed by atoms with Crippen molar-refractivity contribution in [3.05, 3.63) is 24.3 Å². The van der Waals surface area contributed by atoms with Gasteiger partial charge >= 0.3 is 0 Å². The first kappa shape index (κ1) is 6.03. The van der Waals surface area contributed by atoms with Gasteiger partial charge in [0, 0.05) is 6.20 Å². The van der Waals surface area contributed by atoms with E-state index in [1.807, 2.05) is 0 Å². The van der Waals surface area contributed by atoms with Gasteiger partial charge in [0.05, 0.1) is 11.0 Å². The first-order chi connectivity index (χ1) is 5.42. The molecule has 54 valence electrons. The number of carbonyl (C=O) groups is 1. The van der Waals surface area contributed by atoms with Gasteiger partial charge in [-0.2, -0.15) is 0 Å². The number of H-pyrrole nitrogens is 1. The van der Waals surface area contributed by atoms with Crippen molar-refractivity contribution in [3.63, 3.8) is 0 Å². The van der Waals surface area contributed by atoms with Crippen molar-refractivity contribution in [2.24, 2.45) is 0 Å². The molecule has 0 aliphatic heterocycles. The van der Waals surface area contributed by atoms with Gasteiger partial charge in [-0.05, 0) is 6.07 Å². The van der Waals surface area contributed by atoms with Crippen LogP contribution in [0.1, 0.15) is 10.5 Å². The molecule has 0 saturated carbocycles. The summed E-state index contributed by atoms with van der Waals surface area (Å²) in [5.41, 5.74) is 1.87. The summed E-state index contributed by atoms with van der Waals surface area (Å²) in [4.78, 5) is 21.0. The highest BCUT2D eigenvalue weighted by Gasteiger charge is 2.00. The largest absolute Gasteiger partial charge is 0.358 e. The number of aldehydes is 1. The lowest BCUT2D eigenvalue weighted by atomic mass is 10.3. The molecule has 0 atom stereocenters. The molecule has 0 amide bonds. The number of fused-ring (bicyclic) bond motifs is 1. The third-order valence-electron chi connectivity index (χ3n) is 1.49. The predicted octanol–water partition coefficient (Wildman–Crippen LogP) is 0.770. The molecule has 2 heterocycles. The smallest absolute Gasteiger partial charge is 0.170 e. The van der Waals surface area contributed by atoms with Crippen LogP contribution in [0.15, 0.2) is 18.6 Å². The Bertz CT molecular complexity index is 393. The van der Waals surface area contributed by atoms with Gasteiger partial charge in [0.25, 0.3) is 0 Å². The Morgan fingerprint density at radius 3 is 3.18 bits per heavy atom. The summed E-state index contributed by atoms with van der Waals surface area (Å²) in [6.07, 6.45) is 3.81. The highest BCUT2D eigenvalue weighted by atomic mass is 16.1. The number of rotatable bonds is 1. The Morgan fingerprint density at radius 2 is 2.36 bits per heavy atom. The fourth-order valence-electron chi connectivity index (χ4n) is 0.981. The Hall–Kier alpha value is -1.71. The lowest BCUT2D eigenvalue weighted by molar-refractivity contribution is 0.112. The van der Waals surface area contributed by atoms with E-state index in [0.29, 0.717) is 17.5 Å². The van der Waals surface area contributed by atoms with Crippen LogP contribution >= 0.6 is 0 Å². The first-order valence-corrected chi connectivity index (χ1v) is 3.15. The van der Waals surface area contributed by atoms with Crippen LogP contribution in [-0.4, -0.2) is 21.2 Å². The van der Waals surface area contributed by atoms with Crippen LogP contribution < -0.4 is 0 Å². The summed E-state index contributed by atoms with van der Waals surface area (Å²) in [6, 6.07) is 1.80. The second-order valence-electron chi connectivity index (χ2n) is 2.11. The minimum atomic E-state index is 0.403. The minimum Gasteiger partial charge on any atom is -0.358 e. The van der Waals surface area contributed by atoms with E-state index >= 15 is 0 Å². The zero-order chi connectivity index (χ0) is 7.68. The van der Waals surface area contributed by atoms with Gasteiger partial charge < -0.3 is 4.98 Å². The molecule has 2 rings (SSSR count). The lowest BCUT2D eigenvalue weighted by Gasteiger charge is -1.89. The van der Waals surface area contributed by atoms with Crippen molar-refractivity contribution in [2.45, 2.75) is 0 Å². The highest BCUT2D eigenvalue weighted by Crippen LogP contribution is 2.09. The summed E-state index contributed by atoms with van der Waals surface area (Å²) in [5, 5.41) is 0. The summed E-state index contributed by atoms with van der Waals surface area (Å²) in [5.74, 6) is 0. The van der Waals surface area contributed by atoms with E-state index in [1.165, 1.54) is 6.33 Å². The summed E-state index contributed by atoms with van der Waals surface area (Å²) in [6.45, 7) is 0. The fraction of sp³-hybridized carbons (Fsp3) is 0. The van der Waals surface area contributed by atoms with Crippen LogP contribution in [0.4, 0.5) is 0 Å². The van der Waals surface area contributed by atoms with E-state index in [4.69, 9.17) is 0 Å². The normalized spacial score (nSPS) is 10.2. The number of aromatic amines is 1. The van der Waals surface area contributed by atoms with Crippen molar-refractivity contribution in [1.29, 1.82) is 0 Å². The van der Waals surface area contributed by atoms with E-state index in [2.05, 4.69) is 15.0 Å². The molecule has 0 aromatic carbocycles. The topological polar surface area (TPSA) is 58.6 Å². The van der Waals surface area contributed by atoms with Crippen LogP contribution in [0.5, 0.6) is 0 Å². The number of carbonyl (C=O) groups excluding carboxylic acids is 1. The Labute approximate surface area is 62.3 Å². The van der Waals surface area contributed by atoms with E-state index in [1.54, 1.807) is 12.3 Å². The Morgan fingerprint density at radius 1 is 1.45 bits per heavy atom. The molecule has 4 heteroatoms. The van der Waals surface area contributed by atoms with Crippen LogP contribution in [0, 0.1) is 0 Å². The number of hydrogen-bond acceptors (Lipinski definition) is 3. The Balaban J connectivity index is 2.88. The molecule has 0 unspecified atom stereocenters. The maximum absolute atomic E-state index is 10.4. The number of aromatic nitrogens is 3. The first-order valence-electron chi connectivity index (χ1n) is 3.15. The molecule has 4 nitrogen and oxygen atoms in total. The lowest BCUT2D eigenvalue weighted by Crippen LogP contribution is -1.89. The molecule has 0 saturated heterocycles. The zero-order valence-corrected chi connectivity index (χ0v) is 5.61. The highest BCUT2D eigenvalue weighted by molar-refractivity contribution is 5.91. The van der Waals surface area contributed by atoms with Gasteiger partial charge in [-0.1, -0.05) is 0 Å². The average Bonchev–Trinajstić information content (AvgIpc) is 2.50. The fourth-order valence-corrected chi connectivity index (χ4v) is 0.981. The van der Waals surface area contributed by atoms with Crippen molar-refractivity contribution >= 4 is 17.3 Å². The number of nitrogens with zero attached hydrogens (tertiary/aromatic N) is 2. The third-order valence-corrected chi connectivity index (χ3v) is 1.49. The molecule has 0 bridgehead atoms. The molecule has 0 aliphatic rings. The predicted molar refractivity (Wildman–Crippen MR) is 39.3 cm³/mol. The molecule has 2 aromatic heterocycles. The summed E-state index contributed by atoms with van der Waals surface area (Å²) < 4.78 is 0. The van der Waals surface area contributed by atoms with Gasteiger partial charge in [-0.3, -0.25) is 4.79 Å². The second-order valence-corrected chi connectivity index (χ2v) is 2.11. The van der Waals surface area contributed by atoms with Gasteiger partial charge in [0.15, 0.2) is 6.29 Å². The molecular formula is C7H5N3O. The van der Waals surface area contributed by atoms with Crippen molar-refractivity contribution in [1.82, 2.24) is 15.0 Å². The van der Waals surface area contributed by atoms with Gasteiger partial charge in [-0.15, -0.1) is 0 Å². The van der Waals surface area contributed by atoms with Crippen LogP contribution in [-0.2, 0) is 0 Å².